The van der Waals surface area contributed by atoms with E-state index in [1.165, 1.54) is 0 Å². The minimum Gasteiger partial charge on any atom is -0.454 e. The molecule has 1 aliphatic heterocycles. The number of hydrogen-bond acceptors (Lipinski definition) is 5. The van der Waals surface area contributed by atoms with E-state index in [0.717, 1.165) is 31.2 Å². The molecule has 3 rings (SSSR count). The molecule has 1 unspecified atom stereocenters. The number of nitrogens with one attached hydrogen (secondary N) is 1. The highest BCUT2D eigenvalue weighted by atomic mass is 16.7. The second kappa shape index (κ2) is 5.60. The Morgan fingerprint density at radius 2 is 1.95 bits per heavy atom. The number of rotatable bonds is 5. The van der Waals surface area contributed by atoms with Crippen molar-refractivity contribution in [1.82, 2.24) is 5.32 Å². The highest BCUT2D eigenvalue weighted by molar-refractivity contribution is 5.45. The van der Waals surface area contributed by atoms with Crippen LogP contribution in [0.3, 0.4) is 0 Å². The lowest BCUT2D eigenvalue weighted by Gasteiger charge is -2.23. The third kappa shape index (κ3) is 2.90. The lowest BCUT2D eigenvalue weighted by atomic mass is 10.0. The summed E-state index contributed by atoms with van der Waals surface area (Å²) >= 11 is 0. The van der Waals surface area contributed by atoms with E-state index < -0.39 is 11.7 Å². The average Bonchev–Trinajstić information content (AvgIpc) is 3.06. The van der Waals surface area contributed by atoms with Gasteiger partial charge in [0.15, 0.2) is 11.5 Å². The summed E-state index contributed by atoms with van der Waals surface area (Å²) in [5.74, 6) is 1.39. The molecule has 1 aromatic rings. The fraction of sp³-hybridized carbons (Fsp3) is 0.600. The van der Waals surface area contributed by atoms with E-state index in [4.69, 9.17) is 9.47 Å². The molecule has 0 bridgehead atoms. The Balaban J connectivity index is 1.52. The first kappa shape index (κ1) is 13.7. The van der Waals surface area contributed by atoms with Crippen LogP contribution in [-0.4, -0.2) is 35.7 Å². The van der Waals surface area contributed by atoms with E-state index >= 15 is 0 Å². The van der Waals surface area contributed by atoms with E-state index in [-0.39, 0.29) is 6.79 Å². The highest BCUT2D eigenvalue weighted by Crippen LogP contribution is 2.34. The smallest absolute Gasteiger partial charge is 0.231 e. The van der Waals surface area contributed by atoms with Gasteiger partial charge in [-0.1, -0.05) is 18.9 Å². The SMILES string of the molecule is OC(CNCC1(O)CCCC1)c1ccc2c(c1)OCO2. The summed E-state index contributed by atoms with van der Waals surface area (Å²) in [6.07, 6.45) is 3.25. The molecule has 1 atom stereocenters. The van der Waals surface area contributed by atoms with Crippen LogP contribution in [-0.2, 0) is 0 Å². The maximum Gasteiger partial charge on any atom is 0.231 e. The maximum atomic E-state index is 10.2. The molecule has 1 aromatic carbocycles. The monoisotopic (exact) mass is 279 g/mol. The first-order valence-electron chi connectivity index (χ1n) is 7.17. The zero-order chi connectivity index (χ0) is 14.0. The van der Waals surface area contributed by atoms with Crippen LogP contribution in [0.4, 0.5) is 0 Å². The second-order valence-electron chi connectivity index (χ2n) is 5.69. The van der Waals surface area contributed by atoms with Crippen molar-refractivity contribution in [2.45, 2.75) is 37.4 Å². The summed E-state index contributed by atoms with van der Waals surface area (Å²) in [4.78, 5) is 0. The Morgan fingerprint density at radius 1 is 1.20 bits per heavy atom. The van der Waals surface area contributed by atoms with E-state index in [1.807, 2.05) is 12.1 Å². The summed E-state index contributed by atoms with van der Waals surface area (Å²) in [7, 11) is 0. The zero-order valence-corrected chi connectivity index (χ0v) is 11.5. The van der Waals surface area contributed by atoms with E-state index in [1.54, 1.807) is 6.07 Å². The number of aliphatic hydroxyl groups excluding tert-OH is 1. The third-order valence-corrected chi connectivity index (χ3v) is 4.11. The molecule has 1 heterocycles. The number of ether oxygens (including phenoxy) is 2. The van der Waals surface area contributed by atoms with Gasteiger partial charge in [-0.15, -0.1) is 0 Å². The Kier molecular flexibility index (Phi) is 3.83. The molecular formula is C15H21NO4. The fourth-order valence-corrected chi connectivity index (χ4v) is 2.89. The van der Waals surface area contributed by atoms with Gasteiger partial charge in [-0.2, -0.15) is 0 Å². The van der Waals surface area contributed by atoms with Crippen LogP contribution < -0.4 is 14.8 Å². The Hall–Kier alpha value is -1.30. The Bertz CT molecular complexity index is 471. The molecule has 3 N–H and O–H groups in total. The van der Waals surface area contributed by atoms with Crippen LogP contribution in [0.15, 0.2) is 18.2 Å². The van der Waals surface area contributed by atoms with Crippen molar-refractivity contribution in [2.75, 3.05) is 19.9 Å². The van der Waals surface area contributed by atoms with Crippen molar-refractivity contribution in [3.05, 3.63) is 23.8 Å². The van der Waals surface area contributed by atoms with Crippen molar-refractivity contribution in [3.8, 4) is 11.5 Å². The van der Waals surface area contributed by atoms with Crippen molar-refractivity contribution in [1.29, 1.82) is 0 Å². The minimum absolute atomic E-state index is 0.236. The first-order chi connectivity index (χ1) is 9.66. The second-order valence-corrected chi connectivity index (χ2v) is 5.69. The molecule has 2 aliphatic rings. The number of hydrogen-bond donors (Lipinski definition) is 3. The van der Waals surface area contributed by atoms with E-state index in [0.29, 0.717) is 24.6 Å². The zero-order valence-electron chi connectivity index (χ0n) is 11.5. The maximum absolute atomic E-state index is 10.2. The van der Waals surface area contributed by atoms with Gasteiger partial charge >= 0.3 is 0 Å². The van der Waals surface area contributed by atoms with Gasteiger partial charge < -0.3 is 25.0 Å². The predicted octanol–water partition coefficient (Wildman–Crippen LogP) is 1.34. The van der Waals surface area contributed by atoms with Crippen molar-refractivity contribution in [2.24, 2.45) is 0 Å². The van der Waals surface area contributed by atoms with Crippen LogP contribution in [0.25, 0.3) is 0 Å². The van der Waals surface area contributed by atoms with Crippen molar-refractivity contribution >= 4 is 0 Å². The first-order valence-corrected chi connectivity index (χ1v) is 7.17. The fourth-order valence-electron chi connectivity index (χ4n) is 2.89. The molecule has 0 spiro atoms. The average molecular weight is 279 g/mol. The van der Waals surface area contributed by atoms with Crippen LogP contribution in [0.5, 0.6) is 11.5 Å². The number of benzene rings is 1. The van der Waals surface area contributed by atoms with E-state index in [2.05, 4.69) is 5.32 Å². The minimum atomic E-state index is -0.616. The Labute approximate surface area is 118 Å². The van der Waals surface area contributed by atoms with Gasteiger partial charge in [0.05, 0.1) is 11.7 Å². The van der Waals surface area contributed by atoms with Crippen LogP contribution >= 0.6 is 0 Å². The molecule has 0 saturated heterocycles. The standard InChI is InChI=1S/C15H21NO4/c17-12(8-16-9-15(18)5-1-2-6-15)11-3-4-13-14(7-11)20-10-19-13/h3-4,7,12,16-18H,1-2,5-6,8-10H2. The summed E-state index contributed by atoms with van der Waals surface area (Å²) in [6, 6.07) is 5.45. The van der Waals surface area contributed by atoms with Gasteiger partial charge in [0.25, 0.3) is 0 Å². The molecule has 5 nitrogen and oxygen atoms in total. The molecule has 0 aromatic heterocycles. The lowest BCUT2D eigenvalue weighted by molar-refractivity contribution is 0.0438. The lowest BCUT2D eigenvalue weighted by Crippen LogP contribution is -2.39. The molecular weight excluding hydrogens is 258 g/mol. The highest BCUT2D eigenvalue weighted by Gasteiger charge is 2.30. The van der Waals surface area contributed by atoms with Crippen LogP contribution in [0, 0.1) is 0 Å². The summed E-state index contributed by atoms with van der Waals surface area (Å²) in [5, 5.41) is 23.6. The number of aliphatic hydroxyl groups is 2. The van der Waals surface area contributed by atoms with Gasteiger partial charge in [-0.3, -0.25) is 0 Å². The predicted molar refractivity (Wildman–Crippen MR) is 73.8 cm³/mol. The van der Waals surface area contributed by atoms with Gasteiger partial charge in [0.2, 0.25) is 6.79 Å². The summed E-state index contributed by atoms with van der Waals surface area (Å²) < 4.78 is 10.5. The van der Waals surface area contributed by atoms with Gasteiger partial charge in [0, 0.05) is 13.1 Å². The van der Waals surface area contributed by atoms with Crippen LogP contribution in [0.2, 0.25) is 0 Å². The summed E-state index contributed by atoms with van der Waals surface area (Å²) in [5.41, 5.74) is 0.203. The molecule has 20 heavy (non-hydrogen) atoms. The molecule has 1 fully saturated rings. The van der Waals surface area contributed by atoms with Gasteiger partial charge in [0.1, 0.15) is 0 Å². The molecule has 0 radical (unpaired) electrons. The molecule has 110 valence electrons. The topological polar surface area (TPSA) is 71.0 Å². The summed E-state index contributed by atoms with van der Waals surface area (Å²) in [6.45, 7) is 1.19. The number of fused-ring (bicyclic) bond motifs is 1. The Morgan fingerprint density at radius 3 is 2.75 bits per heavy atom. The van der Waals surface area contributed by atoms with Crippen LogP contribution in [0.1, 0.15) is 37.4 Å². The van der Waals surface area contributed by atoms with E-state index in [9.17, 15) is 10.2 Å². The van der Waals surface area contributed by atoms with Crippen molar-refractivity contribution in [3.63, 3.8) is 0 Å². The largest absolute Gasteiger partial charge is 0.454 e. The third-order valence-electron chi connectivity index (χ3n) is 4.11. The quantitative estimate of drug-likeness (QED) is 0.759. The molecule has 5 heteroatoms. The normalized spacial score (nSPS) is 21.1. The molecule has 1 saturated carbocycles. The molecule has 1 aliphatic carbocycles. The van der Waals surface area contributed by atoms with Gasteiger partial charge in [-0.05, 0) is 30.5 Å². The van der Waals surface area contributed by atoms with Gasteiger partial charge in [-0.25, -0.2) is 0 Å². The van der Waals surface area contributed by atoms with Crippen molar-refractivity contribution < 1.29 is 19.7 Å². The molecule has 0 amide bonds.